The molecule has 1 aromatic rings. The summed E-state index contributed by atoms with van der Waals surface area (Å²) in [6.07, 6.45) is 2.22. The molecule has 0 saturated carbocycles. The Morgan fingerprint density at radius 3 is 2.33 bits per heavy atom. The van der Waals surface area contributed by atoms with E-state index in [0.717, 1.165) is 12.8 Å². The molecule has 1 rings (SSSR count). The SMILES string of the molecule is CCCC(N)c1ccc(C)cc1. The molecule has 12 heavy (non-hydrogen) atoms. The molecule has 0 spiro atoms. The minimum absolute atomic E-state index is 0.218. The van der Waals surface area contributed by atoms with Crippen LogP contribution >= 0.6 is 0 Å². The van der Waals surface area contributed by atoms with E-state index in [1.807, 2.05) is 0 Å². The standard InChI is InChI=1S/C11H17N/c1-3-4-11(12)10-7-5-9(2)6-8-10/h5-8,11H,3-4,12H2,1-2H3. The predicted molar refractivity (Wildman–Crippen MR) is 53.0 cm³/mol. The third kappa shape index (κ3) is 2.35. The number of rotatable bonds is 3. The van der Waals surface area contributed by atoms with Crippen LogP contribution in [-0.2, 0) is 0 Å². The van der Waals surface area contributed by atoms with Crippen LogP contribution in [0.2, 0.25) is 0 Å². The summed E-state index contributed by atoms with van der Waals surface area (Å²) in [5.74, 6) is 0. The van der Waals surface area contributed by atoms with E-state index in [0.29, 0.717) is 0 Å². The van der Waals surface area contributed by atoms with Crippen LogP contribution in [0.25, 0.3) is 0 Å². The Hall–Kier alpha value is -0.820. The molecule has 1 nitrogen and oxygen atoms in total. The van der Waals surface area contributed by atoms with Gasteiger partial charge in [0.15, 0.2) is 0 Å². The monoisotopic (exact) mass is 163 g/mol. The molecule has 1 heteroatoms. The zero-order valence-electron chi connectivity index (χ0n) is 7.88. The second kappa shape index (κ2) is 4.27. The molecule has 0 aromatic heterocycles. The van der Waals surface area contributed by atoms with Gasteiger partial charge in [0, 0.05) is 6.04 Å². The zero-order valence-corrected chi connectivity index (χ0v) is 7.88. The maximum absolute atomic E-state index is 5.96. The lowest BCUT2D eigenvalue weighted by Crippen LogP contribution is -2.09. The van der Waals surface area contributed by atoms with E-state index in [1.165, 1.54) is 11.1 Å². The van der Waals surface area contributed by atoms with Crippen molar-refractivity contribution in [3.63, 3.8) is 0 Å². The van der Waals surface area contributed by atoms with Gasteiger partial charge in [-0.1, -0.05) is 43.2 Å². The maximum atomic E-state index is 5.96. The highest BCUT2D eigenvalue weighted by Crippen LogP contribution is 2.15. The lowest BCUT2D eigenvalue weighted by molar-refractivity contribution is 0.638. The first-order valence-electron chi connectivity index (χ1n) is 4.56. The molecule has 0 heterocycles. The Bertz CT molecular complexity index is 225. The third-order valence-corrected chi connectivity index (χ3v) is 2.11. The first-order valence-corrected chi connectivity index (χ1v) is 4.56. The van der Waals surface area contributed by atoms with Crippen LogP contribution in [0.3, 0.4) is 0 Å². The van der Waals surface area contributed by atoms with Crippen LogP contribution in [0.4, 0.5) is 0 Å². The number of benzene rings is 1. The molecule has 0 amide bonds. The van der Waals surface area contributed by atoms with E-state index in [-0.39, 0.29) is 6.04 Å². The number of nitrogens with two attached hydrogens (primary N) is 1. The highest BCUT2D eigenvalue weighted by atomic mass is 14.6. The Morgan fingerprint density at radius 1 is 1.25 bits per heavy atom. The first kappa shape index (κ1) is 9.27. The van der Waals surface area contributed by atoms with Crippen LogP contribution in [0.1, 0.15) is 36.9 Å². The summed E-state index contributed by atoms with van der Waals surface area (Å²) in [5, 5.41) is 0. The average Bonchev–Trinajstić information content (AvgIpc) is 2.06. The summed E-state index contributed by atoms with van der Waals surface area (Å²) in [5.41, 5.74) is 8.50. The van der Waals surface area contributed by atoms with Crippen LogP contribution < -0.4 is 5.73 Å². The predicted octanol–water partition coefficient (Wildman–Crippen LogP) is 2.79. The van der Waals surface area contributed by atoms with E-state index in [4.69, 9.17) is 5.73 Å². The van der Waals surface area contributed by atoms with Crippen LogP contribution in [-0.4, -0.2) is 0 Å². The summed E-state index contributed by atoms with van der Waals surface area (Å²) >= 11 is 0. The molecule has 0 radical (unpaired) electrons. The summed E-state index contributed by atoms with van der Waals surface area (Å²) in [6, 6.07) is 8.69. The average molecular weight is 163 g/mol. The summed E-state index contributed by atoms with van der Waals surface area (Å²) in [7, 11) is 0. The quantitative estimate of drug-likeness (QED) is 0.728. The van der Waals surface area contributed by atoms with Gasteiger partial charge < -0.3 is 5.73 Å². The van der Waals surface area contributed by atoms with Crippen molar-refractivity contribution in [2.24, 2.45) is 5.73 Å². The smallest absolute Gasteiger partial charge is 0.0294 e. The third-order valence-electron chi connectivity index (χ3n) is 2.11. The topological polar surface area (TPSA) is 26.0 Å². The lowest BCUT2D eigenvalue weighted by atomic mass is 10.0. The molecule has 0 saturated heterocycles. The van der Waals surface area contributed by atoms with Gasteiger partial charge in [-0.2, -0.15) is 0 Å². The van der Waals surface area contributed by atoms with Gasteiger partial charge in [-0.15, -0.1) is 0 Å². The van der Waals surface area contributed by atoms with Crippen LogP contribution in [0, 0.1) is 6.92 Å². The van der Waals surface area contributed by atoms with Gasteiger partial charge >= 0.3 is 0 Å². The molecular weight excluding hydrogens is 146 g/mol. The normalized spacial score (nSPS) is 12.9. The molecule has 0 bridgehead atoms. The molecule has 0 aliphatic heterocycles. The summed E-state index contributed by atoms with van der Waals surface area (Å²) in [4.78, 5) is 0. The zero-order chi connectivity index (χ0) is 8.97. The first-order chi connectivity index (χ1) is 5.74. The molecule has 1 unspecified atom stereocenters. The van der Waals surface area contributed by atoms with Crippen LogP contribution in [0.15, 0.2) is 24.3 Å². The van der Waals surface area contributed by atoms with E-state index in [9.17, 15) is 0 Å². The van der Waals surface area contributed by atoms with Gasteiger partial charge in [-0.25, -0.2) is 0 Å². The van der Waals surface area contributed by atoms with E-state index < -0.39 is 0 Å². The highest BCUT2D eigenvalue weighted by molar-refractivity contribution is 5.23. The fourth-order valence-electron chi connectivity index (χ4n) is 1.29. The Labute approximate surface area is 74.6 Å². The number of hydrogen-bond acceptors (Lipinski definition) is 1. The minimum Gasteiger partial charge on any atom is -0.324 e. The van der Waals surface area contributed by atoms with E-state index in [2.05, 4.69) is 38.1 Å². The summed E-state index contributed by atoms with van der Waals surface area (Å²) < 4.78 is 0. The van der Waals surface area contributed by atoms with E-state index >= 15 is 0 Å². The molecule has 0 fully saturated rings. The van der Waals surface area contributed by atoms with Crippen molar-refractivity contribution in [1.82, 2.24) is 0 Å². The van der Waals surface area contributed by atoms with Gasteiger partial charge in [0.2, 0.25) is 0 Å². The van der Waals surface area contributed by atoms with Gasteiger partial charge in [0.25, 0.3) is 0 Å². The van der Waals surface area contributed by atoms with Crippen LogP contribution in [0.5, 0.6) is 0 Å². The van der Waals surface area contributed by atoms with Crippen molar-refractivity contribution in [1.29, 1.82) is 0 Å². The van der Waals surface area contributed by atoms with Gasteiger partial charge in [0.05, 0.1) is 0 Å². The van der Waals surface area contributed by atoms with Crippen molar-refractivity contribution in [3.05, 3.63) is 35.4 Å². The Morgan fingerprint density at radius 2 is 1.83 bits per heavy atom. The lowest BCUT2D eigenvalue weighted by Gasteiger charge is -2.10. The molecule has 1 atom stereocenters. The fourth-order valence-corrected chi connectivity index (χ4v) is 1.29. The highest BCUT2D eigenvalue weighted by Gasteiger charge is 2.02. The maximum Gasteiger partial charge on any atom is 0.0294 e. The molecule has 0 aliphatic carbocycles. The van der Waals surface area contributed by atoms with Crippen molar-refractivity contribution >= 4 is 0 Å². The Balaban J connectivity index is 2.68. The van der Waals surface area contributed by atoms with Gasteiger partial charge in [0.1, 0.15) is 0 Å². The molecule has 2 N–H and O–H groups in total. The van der Waals surface area contributed by atoms with Crippen molar-refractivity contribution in [2.45, 2.75) is 32.7 Å². The number of aryl methyl sites for hydroxylation is 1. The molecule has 66 valence electrons. The Kier molecular flexibility index (Phi) is 3.30. The largest absolute Gasteiger partial charge is 0.324 e. The second-order valence-electron chi connectivity index (χ2n) is 3.31. The van der Waals surface area contributed by atoms with Crippen molar-refractivity contribution in [2.75, 3.05) is 0 Å². The minimum atomic E-state index is 0.218. The summed E-state index contributed by atoms with van der Waals surface area (Å²) in [6.45, 7) is 4.25. The van der Waals surface area contributed by atoms with Crippen molar-refractivity contribution in [3.8, 4) is 0 Å². The van der Waals surface area contributed by atoms with Crippen molar-refractivity contribution < 1.29 is 0 Å². The van der Waals surface area contributed by atoms with E-state index in [1.54, 1.807) is 0 Å². The number of hydrogen-bond donors (Lipinski definition) is 1. The fraction of sp³-hybridized carbons (Fsp3) is 0.455. The second-order valence-corrected chi connectivity index (χ2v) is 3.31. The van der Waals surface area contributed by atoms with Gasteiger partial charge in [-0.05, 0) is 18.9 Å². The molecule has 1 aromatic carbocycles. The van der Waals surface area contributed by atoms with Gasteiger partial charge in [-0.3, -0.25) is 0 Å². The molecular formula is C11H17N. The molecule has 0 aliphatic rings.